The quantitative estimate of drug-likeness (QED) is 0.883. The fourth-order valence-electron chi connectivity index (χ4n) is 3.58. The first kappa shape index (κ1) is 18.0. The van der Waals surface area contributed by atoms with Crippen LogP contribution in [0.15, 0.2) is 18.2 Å². The van der Waals surface area contributed by atoms with Gasteiger partial charge in [-0.15, -0.1) is 0 Å². The molecule has 1 aromatic rings. The molecule has 0 aliphatic carbocycles. The zero-order chi connectivity index (χ0) is 18.0. The number of methoxy groups -OCH3 is 1. The van der Waals surface area contributed by atoms with Gasteiger partial charge in [-0.05, 0) is 37.5 Å². The van der Waals surface area contributed by atoms with Crippen molar-refractivity contribution in [3.63, 3.8) is 0 Å². The molecule has 2 fully saturated rings. The first-order valence-corrected chi connectivity index (χ1v) is 9.00. The SMILES string of the molecule is COc1cc(Cl)cc(C(=O)NC2CCN([C@@H]3CCN(C)C3=O)CC2)c1. The number of hydrogen-bond acceptors (Lipinski definition) is 4. The van der Waals surface area contributed by atoms with E-state index in [2.05, 4.69) is 10.2 Å². The van der Waals surface area contributed by atoms with E-state index in [1.54, 1.807) is 30.2 Å². The fraction of sp³-hybridized carbons (Fsp3) is 0.556. The number of ether oxygens (including phenoxy) is 1. The second-order valence-electron chi connectivity index (χ2n) is 6.73. The molecule has 0 saturated carbocycles. The molecule has 6 nitrogen and oxygen atoms in total. The molecule has 1 aromatic carbocycles. The number of likely N-dealkylation sites (N-methyl/N-ethyl adjacent to an activating group) is 1. The van der Waals surface area contributed by atoms with Gasteiger partial charge in [-0.1, -0.05) is 11.6 Å². The number of nitrogens with one attached hydrogen (secondary N) is 1. The van der Waals surface area contributed by atoms with E-state index in [9.17, 15) is 9.59 Å². The number of halogens is 1. The van der Waals surface area contributed by atoms with E-state index in [-0.39, 0.29) is 23.9 Å². The van der Waals surface area contributed by atoms with Gasteiger partial charge in [-0.3, -0.25) is 14.5 Å². The van der Waals surface area contributed by atoms with Crippen molar-refractivity contribution in [3.05, 3.63) is 28.8 Å². The van der Waals surface area contributed by atoms with Gasteiger partial charge in [0, 0.05) is 43.3 Å². The Morgan fingerprint density at radius 3 is 2.52 bits per heavy atom. The fourth-order valence-corrected chi connectivity index (χ4v) is 3.80. The van der Waals surface area contributed by atoms with E-state index in [0.717, 1.165) is 38.9 Å². The zero-order valence-corrected chi connectivity index (χ0v) is 15.4. The Bertz CT molecular complexity index is 659. The van der Waals surface area contributed by atoms with Gasteiger partial charge in [0.05, 0.1) is 13.2 Å². The van der Waals surface area contributed by atoms with Crippen LogP contribution in [0.2, 0.25) is 5.02 Å². The molecule has 2 heterocycles. The van der Waals surface area contributed by atoms with Gasteiger partial charge >= 0.3 is 0 Å². The standard InChI is InChI=1S/C18H24ClN3O3/c1-21-6-5-16(18(21)24)22-7-3-14(4-8-22)20-17(23)12-9-13(19)11-15(10-12)25-2/h9-11,14,16H,3-8H2,1-2H3,(H,20,23)/t16-/m1/s1. The topological polar surface area (TPSA) is 61.9 Å². The smallest absolute Gasteiger partial charge is 0.251 e. The van der Waals surface area contributed by atoms with Crippen LogP contribution in [0.1, 0.15) is 29.6 Å². The van der Waals surface area contributed by atoms with Crippen LogP contribution < -0.4 is 10.1 Å². The van der Waals surface area contributed by atoms with E-state index >= 15 is 0 Å². The molecule has 0 bridgehead atoms. The number of carbonyl (C=O) groups is 2. The van der Waals surface area contributed by atoms with Crippen molar-refractivity contribution < 1.29 is 14.3 Å². The molecule has 0 aromatic heterocycles. The summed E-state index contributed by atoms with van der Waals surface area (Å²) in [5.41, 5.74) is 0.499. The maximum absolute atomic E-state index is 12.5. The largest absolute Gasteiger partial charge is 0.497 e. The van der Waals surface area contributed by atoms with Crippen LogP contribution >= 0.6 is 11.6 Å². The van der Waals surface area contributed by atoms with Crippen molar-refractivity contribution in [2.24, 2.45) is 0 Å². The number of amides is 2. The summed E-state index contributed by atoms with van der Waals surface area (Å²) in [5, 5.41) is 3.54. The van der Waals surface area contributed by atoms with E-state index in [1.807, 2.05) is 7.05 Å². The first-order valence-electron chi connectivity index (χ1n) is 8.62. The Balaban J connectivity index is 1.54. The van der Waals surface area contributed by atoms with Crippen LogP contribution in [0.5, 0.6) is 5.75 Å². The lowest BCUT2D eigenvalue weighted by molar-refractivity contribution is -0.131. The highest BCUT2D eigenvalue weighted by molar-refractivity contribution is 6.31. The van der Waals surface area contributed by atoms with Gasteiger partial charge in [0.2, 0.25) is 5.91 Å². The van der Waals surface area contributed by atoms with Crippen LogP contribution in [0, 0.1) is 0 Å². The first-order chi connectivity index (χ1) is 12.0. The van der Waals surface area contributed by atoms with E-state index in [4.69, 9.17) is 16.3 Å². The maximum atomic E-state index is 12.5. The third kappa shape index (κ3) is 4.07. The van der Waals surface area contributed by atoms with Gasteiger partial charge in [-0.25, -0.2) is 0 Å². The summed E-state index contributed by atoms with van der Waals surface area (Å²) in [6.45, 7) is 2.49. The second kappa shape index (κ2) is 7.62. The molecule has 0 radical (unpaired) electrons. The molecule has 25 heavy (non-hydrogen) atoms. The number of hydrogen-bond donors (Lipinski definition) is 1. The van der Waals surface area contributed by atoms with Crippen molar-refractivity contribution >= 4 is 23.4 Å². The minimum Gasteiger partial charge on any atom is -0.497 e. The lowest BCUT2D eigenvalue weighted by Gasteiger charge is -2.35. The van der Waals surface area contributed by atoms with Gasteiger partial charge in [0.25, 0.3) is 5.91 Å². The Hall–Kier alpha value is -1.79. The Labute approximate surface area is 153 Å². The molecule has 2 amide bonds. The van der Waals surface area contributed by atoms with Gasteiger partial charge in [0.15, 0.2) is 0 Å². The molecule has 2 aliphatic rings. The van der Waals surface area contributed by atoms with Gasteiger partial charge in [0.1, 0.15) is 5.75 Å². The Kier molecular flexibility index (Phi) is 5.49. The van der Waals surface area contributed by atoms with E-state index in [0.29, 0.717) is 16.3 Å². The summed E-state index contributed by atoms with van der Waals surface area (Å²) >= 11 is 6.03. The lowest BCUT2D eigenvalue weighted by Crippen LogP contribution is -2.50. The molecule has 2 aliphatic heterocycles. The van der Waals surface area contributed by atoms with Gasteiger partial charge in [-0.2, -0.15) is 0 Å². The number of benzene rings is 1. The number of carbonyl (C=O) groups excluding carboxylic acids is 2. The summed E-state index contributed by atoms with van der Waals surface area (Å²) < 4.78 is 5.16. The summed E-state index contributed by atoms with van der Waals surface area (Å²) in [7, 11) is 3.40. The Morgan fingerprint density at radius 1 is 1.20 bits per heavy atom. The monoisotopic (exact) mass is 365 g/mol. The molecule has 1 atom stereocenters. The normalized spacial score (nSPS) is 22.3. The molecule has 0 spiro atoms. The minimum absolute atomic E-state index is 0.0128. The third-order valence-corrected chi connectivity index (χ3v) is 5.29. The van der Waals surface area contributed by atoms with Crippen molar-refractivity contribution in [1.82, 2.24) is 15.1 Å². The molecule has 1 N–H and O–H groups in total. The van der Waals surface area contributed by atoms with Crippen molar-refractivity contribution in [2.75, 3.05) is 33.8 Å². The molecular formula is C18H24ClN3O3. The highest BCUT2D eigenvalue weighted by Gasteiger charge is 2.35. The van der Waals surface area contributed by atoms with Crippen LogP contribution in [-0.4, -0.2) is 67.5 Å². The van der Waals surface area contributed by atoms with Crippen LogP contribution in [0.25, 0.3) is 0 Å². The molecule has 7 heteroatoms. The van der Waals surface area contributed by atoms with Crippen molar-refractivity contribution in [2.45, 2.75) is 31.3 Å². The zero-order valence-electron chi connectivity index (χ0n) is 14.6. The average molecular weight is 366 g/mol. The van der Waals surface area contributed by atoms with Crippen LogP contribution in [0.3, 0.4) is 0 Å². The summed E-state index contributed by atoms with van der Waals surface area (Å²) in [6, 6.07) is 5.12. The van der Waals surface area contributed by atoms with Gasteiger partial charge < -0.3 is 15.0 Å². The highest BCUT2D eigenvalue weighted by atomic mass is 35.5. The van der Waals surface area contributed by atoms with Crippen molar-refractivity contribution in [3.8, 4) is 5.75 Å². The van der Waals surface area contributed by atoms with Crippen LogP contribution in [0.4, 0.5) is 0 Å². The predicted molar refractivity (Wildman–Crippen MR) is 96.1 cm³/mol. The number of rotatable bonds is 4. The van der Waals surface area contributed by atoms with Crippen molar-refractivity contribution in [1.29, 1.82) is 0 Å². The third-order valence-electron chi connectivity index (χ3n) is 5.07. The molecule has 2 saturated heterocycles. The highest BCUT2D eigenvalue weighted by Crippen LogP contribution is 2.23. The summed E-state index contributed by atoms with van der Waals surface area (Å²) in [6.07, 6.45) is 2.59. The minimum atomic E-state index is -0.143. The van der Waals surface area contributed by atoms with E-state index in [1.165, 1.54) is 0 Å². The number of nitrogens with zero attached hydrogens (tertiary/aromatic N) is 2. The number of likely N-dealkylation sites (tertiary alicyclic amines) is 2. The average Bonchev–Trinajstić information content (AvgIpc) is 2.94. The van der Waals surface area contributed by atoms with Crippen LogP contribution in [-0.2, 0) is 4.79 Å². The van der Waals surface area contributed by atoms with E-state index < -0.39 is 0 Å². The molecule has 136 valence electrons. The Morgan fingerprint density at radius 2 is 1.92 bits per heavy atom. The number of piperidine rings is 1. The maximum Gasteiger partial charge on any atom is 0.251 e. The summed E-state index contributed by atoms with van der Waals surface area (Å²) in [4.78, 5) is 28.6. The lowest BCUT2D eigenvalue weighted by atomic mass is 10.0. The molecular weight excluding hydrogens is 342 g/mol. The molecule has 3 rings (SSSR count). The predicted octanol–water partition coefficient (Wildman–Crippen LogP) is 1.77. The molecule has 0 unspecified atom stereocenters. The summed E-state index contributed by atoms with van der Waals surface area (Å²) in [5.74, 6) is 0.640. The second-order valence-corrected chi connectivity index (χ2v) is 7.16.